The van der Waals surface area contributed by atoms with Crippen molar-refractivity contribution in [1.82, 2.24) is 5.01 Å². The van der Waals surface area contributed by atoms with Crippen LogP contribution in [0.1, 0.15) is 11.3 Å². The predicted octanol–water partition coefficient (Wildman–Crippen LogP) is 4.00. The molecule has 2 heterocycles. The number of hydrogen-bond acceptors (Lipinski definition) is 9. The summed E-state index contributed by atoms with van der Waals surface area (Å²) in [6.07, 6.45) is 5.52. The van der Waals surface area contributed by atoms with Crippen LogP contribution < -0.4 is 0 Å². The summed E-state index contributed by atoms with van der Waals surface area (Å²) in [7, 11) is 0. The monoisotopic (exact) mass is 430 g/mol. The van der Waals surface area contributed by atoms with Crippen LogP contribution in [0.2, 0.25) is 0 Å². The number of nitro benzene ring substituents is 1. The Bertz CT molecular complexity index is 1100. The van der Waals surface area contributed by atoms with Crippen LogP contribution in [0.15, 0.2) is 56.9 Å². The number of para-hydroxylation sites is 1. The second-order valence-electron chi connectivity index (χ2n) is 5.37. The van der Waals surface area contributed by atoms with Gasteiger partial charge < -0.3 is 4.42 Å². The van der Waals surface area contributed by atoms with Gasteiger partial charge in [-0.05, 0) is 42.6 Å². The summed E-state index contributed by atoms with van der Waals surface area (Å²) < 4.78 is 5.12. The van der Waals surface area contributed by atoms with Crippen molar-refractivity contribution >= 4 is 64.1 Å². The smallest absolute Gasteiger partial charge is 0.401 e. The zero-order valence-corrected chi connectivity index (χ0v) is 16.0. The van der Waals surface area contributed by atoms with E-state index in [1.165, 1.54) is 54.8 Å². The van der Waals surface area contributed by atoms with Crippen LogP contribution >= 0.6 is 24.0 Å². The van der Waals surface area contributed by atoms with Crippen LogP contribution in [0, 0.1) is 20.2 Å². The number of carbonyl (C=O) groups excluding carboxylic acids is 1. The Morgan fingerprint density at radius 1 is 1.14 bits per heavy atom. The van der Waals surface area contributed by atoms with E-state index in [0.717, 1.165) is 16.8 Å². The number of thiocarbonyl (C=S) groups is 1. The third-order valence-corrected chi connectivity index (χ3v) is 4.80. The Hall–Kier alpha value is -3.64. The highest BCUT2D eigenvalue weighted by Crippen LogP contribution is 2.34. The first kappa shape index (κ1) is 20.1. The topological polar surface area (TPSA) is 132 Å². The lowest BCUT2D eigenvalue weighted by Crippen LogP contribution is -2.21. The van der Waals surface area contributed by atoms with Crippen molar-refractivity contribution < 1.29 is 19.1 Å². The zero-order chi connectivity index (χ0) is 21.0. The van der Waals surface area contributed by atoms with Gasteiger partial charge in [-0.1, -0.05) is 23.9 Å². The van der Waals surface area contributed by atoms with Crippen molar-refractivity contribution in [3.05, 3.63) is 78.9 Å². The molecule has 0 N–H and O–H groups in total. The molecule has 2 aromatic rings. The lowest BCUT2D eigenvalue weighted by Gasteiger charge is -2.04. The lowest BCUT2D eigenvalue weighted by molar-refractivity contribution is -0.402. The summed E-state index contributed by atoms with van der Waals surface area (Å²) in [4.78, 5) is 33.2. The summed E-state index contributed by atoms with van der Waals surface area (Å²) in [5.74, 6) is -0.667. The molecule has 1 aliphatic heterocycles. The first-order chi connectivity index (χ1) is 13.9. The first-order valence-electron chi connectivity index (χ1n) is 7.83. The van der Waals surface area contributed by atoms with Crippen LogP contribution in [0.5, 0.6) is 0 Å². The Labute approximate surface area is 172 Å². The lowest BCUT2D eigenvalue weighted by atomic mass is 10.1. The van der Waals surface area contributed by atoms with Crippen molar-refractivity contribution in [3.8, 4) is 0 Å². The highest BCUT2D eigenvalue weighted by Gasteiger charge is 2.32. The van der Waals surface area contributed by atoms with Gasteiger partial charge in [0.15, 0.2) is 4.32 Å². The van der Waals surface area contributed by atoms with Gasteiger partial charge in [-0.15, -0.1) is 0 Å². The number of allylic oxidation sites excluding steroid dienone is 1. The van der Waals surface area contributed by atoms with Gasteiger partial charge in [0.1, 0.15) is 10.7 Å². The van der Waals surface area contributed by atoms with Crippen LogP contribution in [-0.4, -0.2) is 31.3 Å². The van der Waals surface area contributed by atoms with Gasteiger partial charge in [-0.25, -0.2) is 0 Å². The second kappa shape index (κ2) is 8.58. The highest BCUT2D eigenvalue weighted by atomic mass is 32.2. The van der Waals surface area contributed by atoms with Gasteiger partial charge in [-0.2, -0.15) is 10.1 Å². The fourth-order valence-electron chi connectivity index (χ4n) is 2.25. The van der Waals surface area contributed by atoms with E-state index in [2.05, 4.69) is 5.10 Å². The summed E-state index contributed by atoms with van der Waals surface area (Å²) in [6, 6.07) is 8.66. The normalized spacial score (nSPS) is 15.9. The Morgan fingerprint density at radius 2 is 1.90 bits per heavy atom. The van der Waals surface area contributed by atoms with Gasteiger partial charge in [0.2, 0.25) is 0 Å². The number of amides is 1. The third-order valence-electron chi connectivity index (χ3n) is 3.51. The zero-order valence-electron chi connectivity index (χ0n) is 14.3. The van der Waals surface area contributed by atoms with Crippen molar-refractivity contribution in [1.29, 1.82) is 0 Å². The van der Waals surface area contributed by atoms with Gasteiger partial charge in [0.25, 0.3) is 11.6 Å². The average Bonchev–Trinajstić information content (AvgIpc) is 3.25. The van der Waals surface area contributed by atoms with E-state index >= 15 is 0 Å². The Morgan fingerprint density at radius 3 is 2.59 bits per heavy atom. The number of rotatable bonds is 6. The van der Waals surface area contributed by atoms with Crippen molar-refractivity contribution in [3.63, 3.8) is 0 Å². The molecule has 10 nitrogen and oxygen atoms in total. The molecule has 0 saturated carbocycles. The number of carbonyl (C=O) groups is 1. The molecule has 0 bridgehead atoms. The average molecular weight is 430 g/mol. The molecule has 3 rings (SSSR count). The maximum absolute atomic E-state index is 12.5. The standard InChI is InChI=1S/C17H10N4O6S2/c22-16-14(10-11-4-1-2-6-13(11)20(23)24)29-17(28)19(16)18-9-3-5-12-7-8-15(27-12)21(25)26/h1-10H/b5-3+,14-10+,18-9+. The highest BCUT2D eigenvalue weighted by molar-refractivity contribution is 8.26. The summed E-state index contributed by atoms with van der Waals surface area (Å²) >= 11 is 6.11. The van der Waals surface area contributed by atoms with Gasteiger partial charge in [0.05, 0.1) is 21.5 Å². The summed E-state index contributed by atoms with van der Waals surface area (Å²) in [5, 5.41) is 26.6. The number of furan rings is 1. The molecule has 0 spiro atoms. The molecular weight excluding hydrogens is 420 g/mol. The molecule has 1 saturated heterocycles. The minimum atomic E-state index is -0.658. The molecule has 0 atom stereocenters. The Kier molecular flexibility index (Phi) is 5.95. The molecule has 146 valence electrons. The largest absolute Gasteiger partial charge is 0.433 e. The molecule has 1 aromatic heterocycles. The fourth-order valence-corrected chi connectivity index (χ4v) is 3.41. The predicted molar refractivity (Wildman–Crippen MR) is 111 cm³/mol. The molecule has 29 heavy (non-hydrogen) atoms. The number of benzene rings is 1. The van der Waals surface area contributed by atoms with E-state index in [-0.39, 0.29) is 26.2 Å². The van der Waals surface area contributed by atoms with Crippen molar-refractivity contribution in [2.75, 3.05) is 0 Å². The summed E-state index contributed by atoms with van der Waals surface area (Å²) in [5.41, 5.74) is 0.151. The number of hydrazone groups is 1. The third kappa shape index (κ3) is 4.62. The van der Waals surface area contributed by atoms with Crippen LogP contribution in [0.25, 0.3) is 12.2 Å². The molecule has 12 heteroatoms. The van der Waals surface area contributed by atoms with Crippen LogP contribution in [0.3, 0.4) is 0 Å². The van der Waals surface area contributed by atoms with E-state index in [9.17, 15) is 25.0 Å². The van der Waals surface area contributed by atoms with Crippen molar-refractivity contribution in [2.24, 2.45) is 5.10 Å². The van der Waals surface area contributed by atoms with Gasteiger partial charge in [0, 0.05) is 12.3 Å². The quantitative estimate of drug-likeness (QED) is 0.221. The minimum Gasteiger partial charge on any atom is -0.401 e. The van der Waals surface area contributed by atoms with Crippen LogP contribution in [0.4, 0.5) is 11.6 Å². The SMILES string of the molecule is O=C1/C(=C\c2ccccc2[N+](=O)[O-])SC(=S)N1/N=C/C=C/c1ccc([N+](=O)[O-])o1. The Balaban J connectivity index is 1.73. The second-order valence-corrected chi connectivity index (χ2v) is 7.04. The summed E-state index contributed by atoms with van der Waals surface area (Å²) in [6.45, 7) is 0. The molecular formula is C17H10N4O6S2. The van der Waals surface area contributed by atoms with E-state index in [1.807, 2.05) is 0 Å². The molecule has 1 aromatic carbocycles. The molecule has 1 fully saturated rings. The number of nitro groups is 2. The molecule has 1 amide bonds. The first-order valence-corrected chi connectivity index (χ1v) is 9.05. The van der Waals surface area contributed by atoms with E-state index in [1.54, 1.807) is 6.07 Å². The van der Waals surface area contributed by atoms with Gasteiger partial charge in [-0.3, -0.25) is 25.0 Å². The number of hydrogen-bond donors (Lipinski definition) is 0. The van der Waals surface area contributed by atoms with Gasteiger partial charge >= 0.3 is 5.88 Å². The maximum Gasteiger partial charge on any atom is 0.433 e. The minimum absolute atomic E-state index is 0.128. The molecule has 0 unspecified atom stereocenters. The van der Waals surface area contributed by atoms with E-state index in [0.29, 0.717) is 0 Å². The molecule has 0 aliphatic carbocycles. The van der Waals surface area contributed by atoms with Crippen molar-refractivity contribution in [2.45, 2.75) is 0 Å². The number of thioether (sulfide) groups is 1. The van der Waals surface area contributed by atoms with Crippen LogP contribution in [-0.2, 0) is 4.79 Å². The van der Waals surface area contributed by atoms with E-state index in [4.69, 9.17) is 16.6 Å². The fraction of sp³-hybridized carbons (Fsp3) is 0. The maximum atomic E-state index is 12.5. The van der Waals surface area contributed by atoms with E-state index < -0.39 is 21.6 Å². The molecule has 0 radical (unpaired) electrons. The molecule has 1 aliphatic rings. The number of nitrogens with zero attached hydrogens (tertiary/aromatic N) is 4.